The van der Waals surface area contributed by atoms with Crippen molar-refractivity contribution in [1.82, 2.24) is 5.32 Å². The van der Waals surface area contributed by atoms with Crippen molar-refractivity contribution in [3.63, 3.8) is 0 Å². The molecule has 5 nitrogen and oxygen atoms in total. The van der Waals surface area contributed by atoms with E-state index in [0.717, 1.165) is 16.9 Å². The van der Waals surface area contributed by atoms with Crippen molar-refractivity contribution >= 4 is 17.5 Å². The zero-order valence-electron chi connectivity index (χ0n) is 15.8. The Labute approximate surface area is 164 Å². The van der Waals surface area contributed by atoms with Crippen LogP contribution in [0.25, 0.3) is 0 Å². The summed E-state index contributed by atoms with van der Waals surface area (Å²) in [5.41, 5.74) is 1.90. The van der Waals surface area contributed by atoms with Crippen LogP contribution in [0.3, 0.4) is 0 Å². The maximum absolute atomic E-state index is 12.2. The van der Waals surface area contributed by atoms with Gasteiger partial charge in [0.1, 0.15) is 18.5 Å². The minimum Gasteiger partial charge on any atom is -0.486 e. The first kappa shape index (κ1) is 19.4. The Kier molecular flexibility index (Phi) is 6.11. The van der Waals surface area contributed by atoms with Crippen LogP contribution in [0.15, 0.2) is 36.4 Å². The van der Waals surface area contributed by atoms with Crippen LogP contribution in [0.1, 0.15) is 30.9 Å². The standard InChI is InChI=1S/C21H24ClNO4/c1-13(2)16-9-17(22)14(3)8-20(16)26-12-21(24)23-10-15-11-25-18-6-4-5-7-19(18)27-15/h4-9,13,15H,10-12H2,1-3H3,(H,23,24)/t15-/m0/s1. The van der Waals surface area contributed by atoms with Gasteiger partial charge in [0.25, 0.3) is 5.91 Å². The second-order valence-corrected chi connectivity index (χ2v) is 7.29. The molecule has 1 heterocycles. The van der Waals surface area contributed by atoms with E-state index < -0.39 is 0 Å². The van der Waals surface area contributed by atoms with Gasteiger partial charge < -0.3 is 19.5 Å². The lowest BCUT2D eigenvalue weighted by Gasteiger charge is -2.26. The third kappa shape index (κ3) is 4.86. The molecule has 0 unspecified atom stereocenters. The molecule has 3 rings (SSSR count). The van der Waals surface area contributed by atoms with Crippen LogP contribution in [-0.4, -0.2) is 31.8 Å². The summed E-state index contributed by atoms with van der Waals surface area (Å²) in [6.45, 7) is 6.72. The predicted octanol–water partition coefficient (Wildman–Crippen LogP) is 4.11. The molecule has 0 spiro atoms. The second kappa shape index (κ2) is 8.53. The van der Waals surface area contributed by atoms with E-state index in [9.17, 15) is 4.79 Å². The molecule has 0 saturated carbocycles. The Morgan fingerprint density at radius 2 is 2.04 bits per heavy atom. The fourth-order valence-corrected chi connectivity index (χ4v) is 3.00. The van der Waals surface area contributed by atoms with Gasteiger partial charge in [0.05, 0.1) is 6.54 Å². The van der Waals surface area contributed by atoms with Crippen LogP contribution in [0, 0.1) is 6.92 Å². The fourth-order valence-electron chi connectivity index (χ4n) is 2.83. The highest BCUT2D eigenvalue weighted by Gasteiger charge is 2.21. The number of benzene rings is 2. The number of ether oxygens (including phenoxy) is 3. The molecule has 0 aliphatic carbocycles. The van der Waals surface area contributed by atoms with Gasteiger partial charge in [-0.1, -0.05) is 37.6 Å². The van der Waals surface area contributed by atoms with E-state index in [0.29, 0.717) is 29.7 Å². The molecule has 1 atom stereocenters. The number of aryl methyl sites for hydroxylation is 1. The van der Waals surface area contributed by atoms with Crippen molar-refractivity contribution in [2.45, 2.75) is 32.8 Å². The minimum atomic E-state index is -0.229. The molecule has 144 valence electrons. The normalized spacial score (nSPS) is 15.5. The number of rotatable bonds is 6. The van der Waals surface area contributed by atoms with Gasteiger partial charge in [-0.25, -0.2) is 0 Å². The number of carbonyl (C=O) groups is 1. The molecule has 1 N–H and O–H groups in total. The second-order valence-electron chi connectivity index (χ2n) is 6.88. The van der Waals surface area contributed by atoms with Crippen molar-refractivity contribution in [1.29, 1.82) is 0 Å². The van der Waals surface area contributed by atoms with Crippen molar-refractivity contribution < 1.29 is 19.0 Å². The first-order valence-corrected chi connectivity index (χ1v) is 9.40. The van der Waals surface area contributed by atoms with E-state index in [4.69, 9.17) is 25.8 Å². The van der Waals surface area contributed by atoms with Gasteiger partial charge in [-0.2, -0.15) is 0 Å². The van der Waals surface area contributed by atoms with E-state index in [1.54, 1.807) is 0 Å². The first-order valence-electron chi connectivity index (χ1n) is 9.02. The largest absolute Gasteiger partial charge is 0.486 e. The number of carbonyl (C=O) groups excluding carboxylic acids is 1. The van der Waals surface area contributed by atoms with Gasteiger partial charge in [0, 0.05) is 5.02 Å². The molecule has 2 aromatic rings. The Balaban J connectivity index is 1.52. The number of hydrogen-bond acceptors (Lipinski definition) is 4. The highest BCUT2D eigenvalue weighted by Crippen LogP contribution is 2.32. The molecule has 1 amide bonds. The lowest BCUT2D eigenvalue weighted by molar-refractivity contribution is -0.123. The molecule has 27 heavy (non-hydrogen) atoms. The number of amides is 1. The Hall–Kier alpha value is -2.40. The van der Waals surface area contributed by atoms with Crippen molar-refractivity contribution in [3.8, 4) is 17.2 Å². The van der Waals surface area contributed by atoms with Crippen LogP contribution in [0.5, 0.6) is 17.2 Å². The van der Waals surface area contributed by atoms with E-state index >= 15 is 0 Å². The van der Waals surface area contributed by atoms with E-state index in [1.165, 1.54) is 0 Å². The van der Waals surface area contributed by atoms with Crippen LogP contribution in [0.4, 0.5) is 0 Å². The van der Waals surface area contributed by atoms with Gasteiger partial charge in [-0.3, -0.25) is 4.79 Å². The van der Waals surface area contributed by atoms with Crippen LogP contribution >= 0.6 is 11.6 Å². The molecule has 0 aromatic heterocycles. The number of nitrogens with one attached hydrogen (secondary N) is 1. The average molecular weight is 390 g/mol. The van der Waals surface area contributed by atoms with Crippen molar-refractivity contribution in [3.05, 3.63) is 52.5 Å². The average Bonchev–Trinajstić information content (AvgIpc) is 2.66. The summed E-state index contributed by atoms with van der Waals surface area (Å²) in [4.78, 5) is 12.2. The zero-order chi connectivity index (χ0) is 19.4. The summed E-state index contributed by atoms with van der Waals surface area (Å²) in [6, 6.07) is 11.3. The maximum Gasteiger partial charge on any atom is 0.258 e. The number of para-hydroxylation sites is 2. The third-order valence-electron chi connectivity index (χ3n) is 4.37. The Bertz CT molecular complexity index is 822. The lowest BCUT2D eigenvalue weighted by atomic mass is 10.0. The van der Waals surface area contributed by atoms with E-state index in [2.05, 4.69) is 19.2 Å². The Morgan fingerprint density at radius 3 is 2.78 bits per heavy atom. The van der Waals surface area contributed by atoms with Gasteiger partial charge in [0.2, 0.25) is 0 Å². The molecule has 0 fully saturated rings. The van der Waals surface area contributed by atoms with Crippen molar-refractivity contribution in [2.75, 3.05) is 19.8 Å². The zero-order valence-corrected chi connectivity index (χ0v) is 16.5. The minimum absolute atomic E-state index is 0.0645. The maximum atomic E-state index is 12.2. The molecule has 6 heteroatoms. The smallest absolute Gasteiger partial charge is 0.258 e. The summed E-state index contributed by atoms with van der Waals surface area (Å²) in [5, 5.41) is 3.53. The molecule has 1 aliphatic rings. The van der Waals surface area contributed by atoms with Gasteiger partial charge in [0.15, 0.2) is 18.1 Å². The molecule has 2 aromatic carbocycles. The SMILES string of the molecule is Cc1cc(OCC(=O)NC[C@H]2COc3ccccc3O2)c(C(C)C)cc1Cl. The van der Waals surface area contributed by atoms with Crippen LogP contribution < -0.4 is 19.5 Å². The molecular formula is C21H24ClNO4. The molecular weight excluding hydrogens is 366 g/mol. The highest BCUT2D eigenvalue weighted by molar-refractivity contribution is 6.31. The lowest BCUT2D eigenvalue weighted by Crippen LogP contribution is -2.42. The van der Waals surface area contributed by atoms with Crippen molar-refractivity contribution in [2.24, 2.45) is 0 Å². The molecule has 0 bridgehead atoms. The predicted molar refractivity (Wildman–Crippen MR) is 105 cm³/mol. The van der Waals surface area contributed by atoms with Crippen LogP contribution in [0.2, 0.25) is 5.02 Å². The highest BCUT2D eigenvalue weighted by atomic mass is 35.5. The first-order chi connectivity index (χ1) is 12.9. The summed E-state index contributed by atoms with van der Waals surface area (Å²) < 4.78 is 17.2. The van der Waals surface area contributed by atoms with Gasteiger partial charge >= 0.3 is 0 Å². The quantitative estimate of drug-likeness (QED) is 0.807. The van der Waals surface area contributed by atoms with E-state index in [1.807, 2.05) is 43.3 Å². The summed E-state index contributed by atoms with van der Waals surface area (Å²) in [5.74, 6) is 2.14. The molecule has 0 radical (unpaired) electrons. The Morgan fingerprint density at radius 1 is 1.30 bits per heavy atom. The van der Waals surface area contributed by atoms with E-state index in [-0.39, 0.29) is 24.5 Å². The topological polar surface area (TPSA) is 56.8 Å². The summed E-state index contributed by atoms with van der Waals surface area (Å²) in [7, 11) is 0. The molecule has 1 aliphatic heterocycles. The van der Waals surface area contributed by atoms with Gasteiger partial charge in [-0.05, 0) is 48.2 Å². The third-order valence-corrected chi connectivity index (χ3v) is 4.77. The van der Waals surface area contributed by atoms with Crippen LogP contribution in [-0.2, 0) is 4.79 Å². The monoisotopic (exact) mass is 389 g/mol. The molecule has 0 saturated heterocycles. The number of fused-ring (bicyclic) bond motifs is 1. The fraction of sp³-hybridized carbons (Fsp3) is 0.381. The van der Waals surface area contributed by atoms with Gasteiger partial charge in [-0.15, -0.1) is 0 Å². The number of hydrogen-bond donors (Lipinski definition) is 1. The summed E-state index contributed by atoms with van der Waals surface area (Å²) in [6.07, 6.45) is -0.229. The number of halogens is 1. The summed E-state index contributed by atoms with van der Waals surface area (Å²) >= 11 is 6.20.